The van der Waals surface area contributed by atoms with Gasteiger partial charge in [-0.05, 0) is 54.7 Å². The maximum absolute atomic E-state index is 13.9. The molecule has 0 fully saturated rings. The Morgan fingerprint density at radius 2 is 2.00 bits per heavy atom. The number of fused-ring (bicyclic) bond motifs is 3. The molecule has 31 heavy (non-hydrogen) atoms. The van der Waals surface area contributed by atoms with E-state index in [9.17, 15) is 13.6 Å². The molecule has 0 saturated heterocycles. The average molecular weight is 439 g/mol. The molecule has 0 unspecified atom stereocenters. The molecule has 9 heteroatoms. The Kier molecular flexibility index (Phi) is 4.82. The number of rotatable bonds is 3. The first kappa shape index (κ1) is 19.5. The van der Waals surface area contributed by atoms with Crippen molar-refractivity contribution in [3.63, 3.8) is 0 Å². The van der Waals surface area contributed by atoms with Crippen molar-refractivity contribution in [3.05, 3.63) is 71.1 Å². The molecule has 1 N–H and O–H groups in total. The van der Waals surface area contributed by atoms with Crippen molar-refractivity contribution < 1.29 is 22.9 Å². The molecule has 2 heterocycles. The number of carbonyl (C=O) groups excluding carboxylic acids is 1. The first-order valence-electron chi connectivity index (χ1n) is 9.71. The Balaban J connectivity index is 1.47. The lowest BCUT2D eigenvalue weighted by molar-refractivity contribution is -0.853. The van der Waals surface area contributed by atoms with Crippen molar-refractivity contribution in [1.29, 1.82) is 0 Å². The highest BCUT2D eigenvalue weighted by Gasteiger charge is 2.24. The Labute approximate surface area is 180 Å². The number of amides is 1. The number of carbonyl (C=O) groups is 1. The Hall–Kier alpha value is -3.46. The maximum Gasteiger partial charge on any atom is 0.273 e. The fourth-order valence-electron chi connectivity index (χ4n) is 3.74. The summed E-state index contributed by atoms with van der Waals surface area (Å²) in [6, 6.07) is 9.41. The molecule has 0 bridgehead atoms. The summed E-state index contributed by atoms with van der Waals surface area (Å²) in [7, 11) is 1.77. The van der Waals surface area contributed by atoms with Crippen LogP contribution in [0.3, 0.4) is 0 Å². The number of anilines is 1. The largest absolute Gasteiger partial charge is 0.298 e. The summed E-state index contributed by atoms with van der Waals surface area (Å²) in [6.07, 6.45) is 4.35. The lowest BCUT2D eigenvalue weighted by Gasteiger charge is -2.06. The quantitative estimate of drug-likeness (QED) is 0.483. The van der Waals surface area contributed by atoms with Gasteiger partial charge in [-0.2, -0.15) is 0 Å². The van der Waals surface area contributed by atoms with Gasteiger partial charge >= 0.3 is 0 Å². The van der Waals surface area contributed by atoms with E-state index in [1.807, 2.05) is 18.3 Å². The van der Waals surface area contributed by atoms with E-state index in [4.69, 9.17) is 4.63 Å². The van der Waals surface area contributed by atoms with Gasteiger partial charge in [0.25, 0.3) is 11.6 Å². The van der Waals surface area contributed by atoms with Crippen LogP contribution in [0.5, 0.6) is 0 Å². The summed E-state index contributed by atoms with van der Waals surface area (Å²) in [4.78, 5) is 17.9. The molecule has 1 amide bonds. The number of nitrogens with one attached hydrogen (secondary N) is 1. The van der Waals surface area contributed by atoms with E-state index in [0.29, 0.717) is 5.13 Å². The third-order valence-corrected chi connectivity index (χ3v) is 6.23. The number of nitrogens with zero attached hydrogens (tertiary/aromatic N) is 3. The summed E-state index contributed by atoms with van der Waals surface area (Å²) in [5.74, 6) is -2.67. The number of hydrogen-bond donors (Lipinski definition) is 1. The number of aryl methyl sites for hydroxylation is 3. The zero-order valence-corrected chi connectivity index (χ0v) is 17.3. The number of benzene rings is 2. The van der Waals surface area contributed by atoms with Gasteiger partial charge < -0.3 is 0 Å². The van der Waals surface area contributed by atoms with Gasteiger partial charge in [-0.3, -0.25) is 10.1 Å². The minimum Gasteiger partial charge on any atom is -0.298 e. The first-order valence-corrected chi connectivity index (χ1v) is 10.5. The predicted octanol–water partition coefficient (Wildman–Crippen LogP) is 4.31. The van der Waals surface area contributed by atoms with Crippen LogP contribution in [0, 0.1) is 11.6 Å². The number of halogens is 2. The summed E-state index contributed by atoms with van der Waals surface area (Å²) >= 11 is 1.31. The van der Waals surface area contributed by atoms with Gasteiger partial charge in [-0.1, -0.05) is 32.8 Å². The second-order valence-corrected chi connectivity index (χ2v) is 8.30. The number of thiazole rings is 1. The Bertz CT molecular complexity index is 1290. The molecule has 4 aromatic rings. The van der Waals surface area contributed by atoms with Crippen molar-refractivity contribution in [2.24, 2.45) is 7.05 Å². The third kappa shape index (κ3) is 3.61. The van der Waals surface area contributed by atoms with E-state index in [1.54, 1.807) is 7.05 Å². The van der Waals surface area contributed by atoms with Gasteiger partial charge in [0, 0.05) is 5.56 Å². The molecule has 156 valence electrons. The van der Waals surface area contributed by atoms with Crippen molar-refractivity contribution >= 4 is 22.4 Å². The molecule has 0 spiro atoms. The molecular weight excluding hydrogens is 422 g/mol. The zero-order valence-electron chi connectivity index (χ0n) is 16.5. The maximum atomic E-state index is 13.9. The Morgan fingerprint density at radius 1 is 1.19 bits per heavy atom. The predicted molar refractivity (Wildman–Crippen MR) is 111 cm³/mol. The van der Waals surface area contributed by atoms with E-state index < -0.39 is 23.1 Å². The van der Waals surface area contributed by atoms with E-state index in [0.717, 1.165) is 64.4 Å². The molecule has 6 nitrogen and oxygen atoms in total. The highest BCUT2D eigenvalue weighted by molar-refractivity contribution is 7.19. The van der Waals surface area contributed by atoms with Crippen LogP contribution in [0.1, 0.15) is 28.0 Å². The zero-order chi connectivity index (χ0) is 21.5. The molecule has 0 aliphatic heterocycles. The van der Waals surface area contributed by atoms with Crippen LogP contribution in [-0.4, -0.2) is 16.0 Å². The van der Waals surface area contributed by atoms with E-state index in [2.05, 4.69) is 21.5 Å². The van der Waals surface area contributed by atoms with Crippen LogP contribution in [0.25, 0.3) is 21.7 Å². The minimum atomic E-state index is -0.908. The molecular formula is C22H17F2N4O2S+. The van der Waals surface area contributed by atoms with Crippen LogP contribution in [-0.2, 0) is 19.9 Å². The summed E-state index contributed by atoms with van der Waals surface area (Å²) in [5, 5.41) is 6.92. The number of hydrogen-bond acceptors (Lipinski definition) is 5. The highest BCUT2D eigenvalue weighted by atomic mass is 32.1. The second-order valence-electron chi connectivity index (χ2n) is 7.30. The number of aromatic nitrogens is 3. The van der Waals surface area contributed by atoms with Gasteiger partial charge in [0.2, 0.25) is 0 Å². The van der Waals surface area contributed by atoms with E-state index in [1.165, 1.54) is 22.1 Å². The standard InChI is InChI=1S/C22H16F2N4O2S/c1-28-11-18(27-30-28)13-8-9-14-12(10-13)4-2-7-17-20(14)31-22(25-17)26-21(29)19-15(23)5-3-6-16(19)24/h3,5-6,8-11H,2,4,7H2,1H3/p+1. The van der Waals surface area contributed by atoms with Crippen molar-refractivity contribution in [1.82, 2.24) is 10.1 Å². The monoisotopic (exact) mass is 439 g/mol. The normalized spacial score (nSPS) is 12.7. The lowest BCUT2D eigenvalue weighted by atomic mass is 10.00. The minimum absolute atomic E-state index is 0.318. The SMILES string of the molecule is C[n+]1cc(-c2ccc3c(c2)CCCc2nc(NC(=O)c4c(F)cccc4F)sc2-3)no1. The highest BCUT2D eigenvalue weighted by Crippen LogP contribution is 2.40. The van der Waals surface area contributed by atoms with Gasteiger partial charge in [0.15, 0.2) is 16.5 Å². The van der Waals surface area contributed by atoms with Crippen LogP contribution >= 0.6 is 11.3 Å². The average Bonchev–Trinajstić information content (AvgIpc) is 3.30. The third-order valence-electron chi connectivity index (χ3n) is 5.19. The lowest BCUT2D eigenvalue weighted by Crippen LogP contribution is -2.22. The summed E-state index contributed by atoms with van der Waals surface area (Å²) in [6.45, 7) is 0. The van der Waals surface area contributed by atoms with Gasteiger partial charge in [-0.25, -0.2) is 13.8 Å². The molecule has 0 radical (unpaired) electrons. The topological polar surface area (TPSA) is 71.9 Å². The van der Waals surface area contributed by atoms with Gasteiger partial charge in [-0.15, -0.1) is 0 Å². The molecule has 5 rings (SSSR count). The van der Waals surface area contributed by atoms with E-state index >= 15 is 0 Å². The fourth-order valence-corrected chi connectivity index (χ4v) is 4.81. The van der Waals surface area contributed by atoms with Crippen molar-refractivity contribution in [3.8, 4) is 21.7 Å². The first-order chi connectivity index (χ1) is 15.0. The van der Waals surface area contributed by atoms with Crippen LogP contribution < -0.4 is 10.1 Å². The fraction of sp³-hybridized carbons (Fsp3) is 0.182. The Morgan fingerprint density at radius 3 is 2.74 bits per heavy atom. The van der Waals surface area contributed by atoms with Crippen LogP contribution in [0.2, 0.25) is 0 Å². The summed E-state index contributed by atoms with van der Waals surface area (Å²) < 4.78 is 34.5. The second kappa shape index (κ2) is 7.66. The van der Waals surface area contributed by atoms with Crippen molar-refractivity contribution in [2.75, 3.05) is 5.32 Å². The molecule has 0 atom stereocenters. The van der Waals surface area contributed by atoms with Gasteiger partial charge in [0.1, 0.15) is 24.2 Å². The van der Waals surface area contributed by atoms with E-state index in [-0.39, 0.29) is 0 Å². The van der Waals surface area contributed by atoms with Crippen molar-refractivity contribution in [2.45, 2.75) is 19.3 Å². The van der Waals surface area contributed by atoms with Crippen LogP contribution in [0.4, 0.5) is 13.9 Å². The molecule has 2 aromatic heterocycles. The van der Waals surface area contributed by atoms with Gasteiger partial charge in [0.05, 0.1) is 10.6 Å². The molecule has 2 aromatic carbocycles. The molecule has 0 saturated carbocycles. The smallest absolute Gasteiger partial charge is 0.273 e. The summed E-state index contributed by atoms with van der Waals surface area (Å²) in [5.41, 5.74) is 4.16. The molecule has 1 aliphatic carbocycles. The molecule has 1 aliphatic rings. The van der Waals surface area contributed by atoms with Crippen LogP contribution in [0.15, 0.2) is 47.2 Å².